The molecule has 1 aromatic rings. The summed E-state index contributed by atoms with van der Waals surface area (Å²) in [4.78, 5) is 12.2. The number of rotatable bonds is 4. The van der Waals surface area contributed by atoms with E-state index in [0.717, 1.165) is 6.20 Å². The van der Waals surface area contributed by atoms with Crippen molar-refractivity contribution in [1.29, 1.82) is 0 Å². The zero-order valence-corrected chi connectivity index (χ0v) is 8.68. The van der Waals surface area contributed by atoms with Crippen LogP contribution in [0.3, 0.4) is 0 Å². The van der Waals surface area contributed by atoms with E-state index in [9.17, 15) is 18.0 Å². The van der Waals surface area contributed by atoms with Gasteiger partial charge in [0.15, 0.2) is 0 Å². The molecule has 1 amide bonds. The lowest BCUT2D eigenvalue weighted by Gasteiger charge is -2.22. The lowest BCUT2D eigenvalue weighted by Crippen LogP contribution is -2.40. The summed E-state index contributed by atoms with van der Waals surface area (Å²) in [5, 5.41) is 15.5. The van der Waals surface area contributed by atoms with E-state index in [1.807, 2.05) is 0 Å². The first-order chi connectivity index (χ1) is 7.94. The highest BCUT2D eigenvalue weighted by atomic mass is 19.4. The maximum absolute atomic E-state index is 12.2. The van der Waals surface area contributed by atoms with E-state index in [1.165, 1.54) is 12.3 Å². The SMILES string of the molecule is O=C(c1ccnnc1)N(CCO)CC(F)(F)F. The number of aliphatic hydroxyl groups excluding tert-OH is 1. The molecule has 1 N–H and O–H groups in total. The summed E-state index contributed by atoms with van der Waals surface area (Å²) >= 11 is 0. The van der Waals surface area contributed by atoms with Gasteiger partial charge in [-0.15, -0.1) is 0 Å². The van der Waals surface area contributed by atoms with Crippen LogP contribution in [0.5, 0.6) is 0 Å². The summed E-state index contributed by atoms with van der Waals surface area (Å²) in [6.45, 7) is -2.34. The Morgan fingerprint density at radius 1 is 1.41 bits per heavy atom. The third-order valence-electron chi connectivity index (χ3n) is 1.86. The van der Waals surface area contributed by atoms with Gasteiger partial charge >= 0.3 is 6.18 Å². The number of hydrogen-bond acceptors (Lipinski definition) is 4. The summed E-state index contributed by atoms with van der Waals surface area (Å²) in [5.74, 6) is -0.841. The van der Waals surface area contributed by atoms with E-state index in [2.05, 4.69) is 10.2 Å². The maximum atomic E-state index is 12.2. The summed E-state index contributed by atoms with van der Waals surface area (Å²) in [5.41, 5.74) is -0.00213. The molecule has 0 aliphatic heterocycles. The van der Waals surface area contributed by atoms with Crippen LogP contribution in [0, 0.1) is 0 Å². The molecule has 94 valence electrons. The molecule has 0 saturated carbocycles. The molecule has 0 aliphatic carbocycles. The first-order valence-electron chi connectivity index (χ1n) is 4.67. The minimum Gasteiger partial charge on any atom is -0.395 e. The van der Waals surface area contributed by atoms with Gasteiger partial charge in [0.25, 0.3) is 5.91 Å². The molecule has 1 heterocycles. The fraction of sp³-hybridized carbons (Fsp3) is 0.444. The second-order valence-electron chi connectivity index (χ2n) is 3.20. The minimum atomic E-state index is -4.51. The van der Waals surface area contributed by atoms with Crippen molar-refractivity contribution in [3.05, 3.63) is 24.0 Å². The molecule has 1 aromatic heterocycles. The Morgan fingerprint density at radius 2 is 2.12 bits per heavy atom. The quantitative estimate of drug-likeness (QED) is 0.842. The van der Waals surface area contributed by atoms with Gasteiger partial charge in [-0.25, -0.2) is 0 Å². The van der Waals surface area contributed by atoms with E-state index in [0.29, 0.717) is 4.90 Å². The number of aliphatic hydroxyl groups is 1. The lowest BCUT2D eigenvalue weighted by atomic mass is 10.2. The zero-order chi connectivity index (χ0) is 12.9. The molecule has 8 heteroatoms. The molecule has 1 rings (SSSR count). The highest BCUT2D eigenvalue weighted by Gasteiger charge is 2.33. The van der Waals surface area contributed by atoms with Crippen molar-refractivity contribution in [2.45, 2.75) is 6.18 Å². The molecular weight excluding hydrogens is 239 g/mol. The number of aromatic nitrogens is 2. The van der Waals surface area contributed by atoms with E-state index in [4.69, 9.17) is 5.11 Å². The fourth-order valence-electron chi connectivity index (χ4n) is 1.19. The number of halogens is 3. The molecule has 0 atom stereocenters. The number of carbonyl (C=O) groups excluding carboxylic acids is 1. The van der Waals surface area contributed by atoms with Crippen LogP contribution in [-0.2, 0) is 0 Å². The Balaban J connectivity index is 2.81. The van der Waals surface area contributed by atoms with Crippen molar-refractivity contribution in [2.75, 3.05) is 19.7 Å². The molecule has 0 aromatic carbocycles. The summed E-state index contributed by atoms with van der Waals surface area (Å²) in [7, 11) is 0. The van der Waals surface area contributed by atoms with E-state index >= 15 is 0 Å². The number of hydrogen-bond donors (Lipinski definition) is 1. The number of amides is 1. The molecule has 0 unspecified atom stereocenters. The van der Waals surface area contributed by atoms with Gasteiger partial charge in [0.05, 0.1) is 24.6 Å². The average Bonchev–Trinajstić information content (AvgIpc) is 2.27. The molecule has 0 radical (unpaired) electrons. The third-order valence-corrected chi connectivity index (χ3v) is 1.86. The van der Waals surface area contributed by atoms with Gasteiger partial charge < -0.3 is 10.0 Å². The van der Waals surface area contributed by atoms with Crippen molar-refractivity contribution in [3.8, 4) is 0 Å². The Labute approximate surface area is 94.9 Å². The second-order valence-corrected chi connectivity index (χ2v) is 3.20. The number of nitrogens with zero attached hydrogens (tertiary/aromatic N) is 3. The largest absolute Gasteiger partial charge is 0.406 e. The highest BCUT2D eigenvalue weighted by molar-refractivity contribution is 5.93. The van der Waals surface area contributed by atoms with Crippen molar-refractivity contribution < 1.29 is 23.1 Å². The predicted octanol–water partition coefficient (Wildman–Crippen LogP) is 0.473. The van der Waals surface area contributed by atoms with Crippen LogP contribution in [-0.4, -0.2) is 52.0 Å². The highest BCUT2D eigenvalue weighted by Crippen LogP contribution is 2.17. The summed E-state index contributed by atoms with van der Waals surface area (Å²) < 4.78 is 36.6. The van der Waals surface area contributed by atoms with Crippen LogP contribution in [0.1, 0.15) is 10.4 Å². The van der Waals surface area contributed by atoms with Crippen LogP contribution >= 0.6 is 0 Å². The second kappa shape index (κ2) is 5.58. The number of carbonyl (C=O) groups is 1. The smallest absolute Gasteiger partial charge is 0.395 e. The monoisotopic (exact) mass is 249 g/mol. The van der Waals surface area contributed by atoms with Crippen molar-refractivity contribution >= 4 is 5.91 Å². The van der Waals surface area contributed by atoms with Crippen LogP contribution in [0.2, 0.25) is 0 Å². The van der Waals surface area contributed by atoms with Crippen molar-refractivity contribution in [2.24, 2.45) is 0 Å². The van der Waals surface area contributed by atoms with Crippen LogP contribution in [0.25, 0.3) is 0 Å². The number of alkyl halides is 3. The Kier molecular flexibility index (Phi) is 4.38. The average molecular weight is 249 g/mol. The van der Waals surface area contributed by atoms with Crippen LogP contribution < -0.4 is 0 Å². The zero-order valence-electron chi connectivity index (χ0n) is 8.68. The predicted molar refractivity (Wildman–Crippen MR) is 51.1 cm³/mol. The van der Waals surface area contributed by atoms with E-state index in [1.54, 1.807) is 0 Å². The molecule has 0 bridgehead atoms. The van der Waals surface area contributed by atoms with Gasteiger partial charge in [0, 0.05) is 6.54 Å². The van der Waals surface area contributed by atoms with Crippen LogP contribution in [0.4, 0.5) is 13.2 Å². The molecule has 0 fully saturated rings. The van der Waals surface area contributed by atoms with E-state index < -0.39 is 25.2 Å². The molecule has 0 spiro atoms. The molecule has 17 heavy (non-hydrogen) atoms. The van der Waals surface area contributed by atoms with Gasteiger partial charge in [-0.1, -0.05) is 0 Å². The standard InChI is InChI=1S/C9H10F3N3O2/c10-9(11,12)6-15(3-4-16)8(17)7-1-2-13-14-5-7/h1-2,5,16H,3-4,6H2. The topological polar surface area (TPSA) is 66.3 Å². The molecule has 5 nitrogen and oxygen atoms in total. The van der Waals surface area contributed by atoms with Gasteiger partial charge in [0.1, 0.15) is 6.54 Å². The Morgan fingerprint density at radius 3 is 2.59 bits per heavy atom. The van der Waals surface area contributed by atoms with Gasteiger partial charge in [-0.05, 0) is 6.07 Å². The van der Waals surface area contributed by atoms with Gasteiger partial charge in [-0.2, -0.15) is 23.4 Å². The van der Waals surface area contributed by atoms with Crippen molar-refractivity contribution in [1.82, 2.24) is 15.1 Å². The Hall–Kier alpha value is -1.70. The first kappa shape index (κ1) is 13.4. The molecule has 0 aliphatic rings. The van der Waals surface area contributed by atoms with Crippen LogP contribution in [0.15, 0.2) is 18.5 Å². The molecule has 0 saturated heterocycles. The fourth-order valence-corrected chi connectivity index (χ4v) is 1.19. The van der Waals surface area contributed by atoms with Gasteiger partial charge in [0.2, 0.25) is 0 Å². The normalized spacial score (nSPS) is 11.3. The van der Waals surface area contributed by atoms with E-state index in [-0.39, 0.29) is 12.1 Å². The summed E-state index contributed by atoms with van der Waals surface area (Å²) in [6, 6.07) is 1.26. The van der Waals surface area contributed by atoms with Gasteiger partial charge in [-0.3, -0.25) is 4.79 Å². The Bertz CT molecular complexity index is 369. The summed E-state index contributed by atoms with van der Waals surface area (Å²) in [6.07, 6.45) is -2.23. The minimum absolute atomic E-state index is 0.00213. The third kappa shape index (κ3) is 4.35. The first-order valence-corrected chi connectivity index (χ1v) is 4.67. The molecular formula is C9H10F3N3O2. The maximum Gasteiger partial charge on any atom is 0.406 e. The lowest BCUT2D eigenvalue weighted by molar-refractivity contribution is -0.141. The van der Waals surface area contributed by atoms with Crippen molar-refractivity contribution in [3.63, 3.8) is 0 Å².